The predicted molar refractivity (Wildman–Crippen MR) is 141 cm³/mol. The van der Waals surface area contributed by atoms with Gasteiger partial charge in [-0.05, 0) is 54.6 Å². The van der Waals surface area contributed by atoms with Crippen molar-refractivity contribution < 1.29 is 17.5 Å². The summed E-state index contributed by atoms with van der Waals surface area (Å²) in [6.45, 7) is 1.52. The van der Waals surface area contributed by atoms with Crippen LogP contribution in [0, 0.1) is 17.3 Å². The van der Waals surface area contributed by atoms with Crippen LogP contribution in [0.1, 0.15) is 23.3 Å². The Labute approximate surface area is 220 Å². The smallest absolute Gasteiger partial charge is 0.243 e. The zero-order valence-corrected chi connectivity index (χ0v) is 22.0. The SMILES string of the molecule is COc1ccccc1CN/C(=N\C#N)NCC1(c2cccs2)CCN(S(=O)(=O)c2ccc(F)cc2)CC1. The number of guanidine groups is 1. The largest absolute Gasteiger partial charge is 0.496 e. The molecule has 194 valence electrons. The van der Waals surface area contributed by atoms with E-state index in [9.17, 15) is 18.1 Å². The van der Waals surface area contributed by atoms with E-state index in [0.717, 1.165) is 28.3 Å². The normalized spacial score (nSPS) is 16.1. The molecular formula is C26H28FN5O3S2. The zero-order valence-electron chi connectivity index (χ0n) is 20.4. The minimum Gasteiger partial charge on any atom is -0.496 e. The minimum atomic E-state index is -3.72. The molecule has 0 amide bonds. The van der Waals surface area contributed by atoms with Gasteiger partial charge in [0.15, 0.2) is 0 Å². The lowest BCUT2D eigenvalue weighted by atomic mass is 9.77. The Balaban J connectivity index is 1.47. The highest BCUT2D eigenvalue weighted by molar-refractivity contribution is 7.89. The first-order valence-corrected chi connectivity index (χ1v) is 14.1. The van der Waals surface area contributed by atoms with Crippen LogP contribution in [0.2, 0.25) is 0 Å². The van der Waals surface area contributed by atoms with Gasteiger partial charge < -0.3 is 15.4 Å². The fraction of sp³-hybridized carbons (Fsp3) is 0.308. The van der Waals surface area contributed by atoms with Crippen molar-refractivity contribution >= 4 is 27.3 Å². The Morgan fingerprint density at radius 3 is 2.51 bits per heavy atom. The average Bonchev–Trinajstić information content (AvgIpc) is 3.47. The highest BCUT2D eigenvalue weighted by Gasteiger charge is 2.40. The zero-order chi connectivity index (χ0) is 26.3. The quantitative estimate of drug-likeness (QED) is 0.255. The Bertz CT molecular complexity index is 1360. The molecule has 0 spiro atoms. The summed E-state index contributed by atoms with van der Waals surface area (Å²) in [5, 5.41) is 17.7. The van der Waals surface area contributed by atoms with E-state index < -0.39 is 15.8 Å². The number of nitrogens with one attached hydrogen (secondary N) is 2. The molecule has 3 aromatic rings. The summed E-state index contributed by atoms with van der Waals surface area (Å²) < 4.78 is 46.4. The molecule has 1 fully saturated rings. The van der Waals surface area contributed by atoms with Gasteiger partial charge in [0, 0.05) is 42.0 Å². The van der Waals surface area contributed by atoms with Gasteiger partial charge in [0.1, 0.15) is 11.6 Å². The number of ether oxygens (including phenoxy) is 1. The summed E-state index contributed by atoms with van der Waals surface area (Å²) in [6, 6.07) is 16.5. The van der Waals surface area contributed by atoms with Crippen molar-refractivity contribution in [3.8, 4) is 11.9 Å². The maximum Gasteiger partial charge on any atom is 0.243 e. The number of hydrogen-bond donors (Lipinski definition) is 2. The van der Waals surface area contributed by atoms with Gasteiger partial charge in [0.05, 0.1) is 12.0 Å². The lowest BCUT2D eigenvalue weighted by Crippen LogP contribution is -2.51. The third-order valence-electron chi connectivity index (χ3n) is 6.57. The number of sulfonamides is 1. The first-order valence-electron chi connectivity index (χ1n) is 11.7. The fourth-order valence-corrected chi connectivity index (χ4v) is 6.90. The number of piperidine rings is 1. The molecule has 1 saturated heterocycles. The highest BCUT2D eigenvalue weighted by atomic mass is 32.2. The second-order valence-electron chi connectivity index (χ2n) is 8.70. The molecule has 0 saturated carbocycles. The van der Waals surface area contributed by atoms with E-state index in [-0.39, 0.29) is 10.3 Å². The van der Waals surface area contributed by atoms with E-state index in [1.807, 2.05) is 41.9 Å². The van der Waals surface area contributed by atoms with Crippen LogP contribution >= 0.6 is 11.3 Å². The molecule has 1 aliphatic rings. The Kier molecular flexibility index (Phi) is 8.43. The van der Waals surface area contributed by atoms with E-state index in [1.54, 1.807) is 18.4 Å². The molecule has 11 heteroatoms. The topological polar surface area (TPSA) is 107 Å². The number of aliphatic imine (C=N–C) groups is 1. The van der Waals surface area contributed by atoms with Crippen molar-refractivity contribution in [1.82, 2.24) is 14.9 Å². The third kappa shape index (κ3) is 6.10. The third-order valence-corrected chi connectivity index (χ3v) is 9.60. The van der Waals surface area contributed by atoms with Gasteiger partial charge in [-0.2, -0.15) is 9.57 Å². The van der Waals surface area contributed by atoms with Crippen LogP contribution in [-0.4, -0.2) is 45.4 Å². The maximum absolute atomic E-state index is 13.3. The summed E-state index contributed by atoms with van der Waals surface area (Å²) in [7, 11) is -2.12. The number of hydrogen-bond acceptors (Lipinski definition) is 6. The molecule has 0 unspecified atom stereocenters. The molecule has 1 aliphatic heterocycles. The summed E-state index contributed by atoms with van der Waals surface area (Å²) in [4.78, 5) is 5.14. The predicted octanol–water partition coefficient (Wildman–Crippen LogP) is 3.83. The molecule has 2 aromatic carbocycles. The summed E-state index contributed by atoms with van der Waals surface area (Å²) >= 11 is 1.62. The van der Waals surface area contributed by atoms with Gasteiger partial charge in [0.25, 0.3) is 0 Å². The van der Waals surface area contributed by atoms with E-state index in [0.29, 0.717) is 45.0 Å². The minimum absolute atomic E-state index is 0.0830. The van der Waals surface area contributed by atoms with Crippen LogP contribution in [0.25, 0.3) is 0 Å². The van der Waals surface area contributed by atoms with Crippen LogP contribution in [0.4, 0.5) is 4.39 Å². The number of benzene rings is 2. The summed E-state index contributed by atoms with van der Waals surface area (Å²) in [6.07, 6.45) is 2.99. The molecule has 37 heavy (non-hydrogen) atoms. The Hall–Kier alpha value is -3.46. The molecule has 2 heterocycles. The number of nitriles is 1. The Morgan fingerprint density at radius 1 is 1.14 bits per heavy atom. The first kappa shape index (κ1) is 26.6. The van der Waals surface area contributed by atoms with Crippen molar-refractivity contribution in [2.45, 2.75) is 29.7 Å². The van der Waals surface area contributed by atoms with Crippen molar-refractivity contribution in [2.24, 2.45) is 4.99 Å². The Morgan fingerprint density at radius 2 is 1.86 bits per heavy atom. The molecule has 4 rings (SSSR count). The molecule has 0 bridgehead atoms. The molecule has 0 radical (unpaired) electrons. The summed E-state index contributed by atoms with van der Waals surface area (Å²) in [5.74, 6) is 0.594. The van der Waals surface area contributed by atoms with Gasteiger partial charge in [-0.3, -0.25) is 0 Å². The van der Waals surface area contributed by atoms with Crippen molar-refractivity contribution in [1.29, 1.82) is 5.26 Å². The van der Waals surface area contributed by atoms with Gasteiger partial charge in [-0.1, -0.05) is 24.3 Å². The number of rotatable bonds is 8. The highest BCUT2D eigenvalue weighted by Crippen LogP contribution is 2.39. The average molecular weight is 542 g/mol. The molecule has 8 nitrogen and oxygen atoms in total. The molecule has 1 aromatic heterocycles. The molecule has 0 aliphatic carbocycles. The molecular weight excluding hydrogens is 513 g/mol. The number of thiophene rings is 1. The van der Waals surface area contributed by atoms with Crippen molar-refractivity contribution in [3.05, 3.63) is 82.3 Å². The lowest BCUT2D eigenvalue weighted by Gasteiger charge is -2.41. The van der Waals surface area contributed by atoms with Crippen LogP contribution in [0.15, 0.2) is 75.9 Å². The van der Waals surface area contributed by atoms with Crippen molar-refractivity contribution in [3.63, 3.8) is 0 Å². The number of methoxy groups -OCH3 is 1. The molecule has 2 N–H and O–H groups in total. The van der Waals surface area contributed by atoms with E-state index in [1.165, 1.54) is 16.4 Å². The van der Waals surface area contributed by atoms with E-state index >= 15 is 0 Å². The van der Waals surface area contributed by atoms with Gasteiger partial charge in [-0.15, -0.1) is 16.3 Å². The molecule has 0 atom stereocenters. The van der Waals surface area contributed by atoms with Crippen molar-refractivity contribution in [2.75, 3.05) is 26.7 Å². The maximum atomic E-state index is 13.3. The van der Waals surface area contributed by atoms with Gasteiger partial charge >= 0.3 is 0 Å². The number of para-hydroxylation sites is 1. The lowest BCUT2D eigenvalue weighted by molar-refractivity contribution is 0.235. The number of halogens is 1. The van der Waals surface area contributed by atoms with Crippen LogP contribution in [0.3, 0.4) is 0 Å². The number of nitrogens with zero attached hydrogens (tertiary/aromatic N) is 3. The fourth-order valence-electron chi connectivity index (χ4n) is 4.47. The standard InChI is InChI=1S/C26H28FN5O3S2/c1-35-23-6-3-2-5-20(23)17-29-25(31-19-28)30-18-26(24-7-4-16-36-24)12-14-32(15-13-26)37(33,34)22-10-8-21(27)9-11-22/h2-11,16H,12-15,17-18H2,1H3,(H2,29,30,31). The van der Waals surface area contributed by atoms with E-state index in [4.69, 9.17) is 4.74 Å². The van der Waals surface area contributed by atoms with Gasteiger partial charge in [0.2, 0.25) is 22.2 Å². The van der Waals surface area contributed by atoms with Crippen LogP contribution < -0.4 is 15.4 Å². The van der Waals surface area contributed by atoms with Crippen LogP contribution in [0.5, 0.6) is 5.75 Å². The monoisotopic (exact) mass is 541 g/mol. The van der Waals surface area contributed by atoms with Gasteiger partial charge in [-0.25, -0.2) is 12.8 Å². The van der Waals surface area contributed by atoms with Crippen LogP contribution in [-0.2, 0) is 22.0 Å². The second kappa shape index (κ2) is 11.7. The second-order valence-corrected chi connectivity index (χ2v) is 11.6. The first-order chi connectivity index (χ1) is 17.9. The van der Waals surface area contributed by atoms with E-state index in [2.05, 4.69) is 21.7 Å². The summed E-state index contributed by atoms with van der Waals surface area (Å²) in [5.41, 5.74) is 0.579.